The molecule has 1 aromatic heterocycles. The van der Waals surface area contributed by atoms with Crippen LogP contribution in [0.3, 0.4) is 0 Å². The largest absolute Gasteiger partial charge is 0.378 e. The Hall–Kier alpha value is -0.460. The first-order valence-corrected chi connectivity index (χ1v) is 5.90. The fourth-order valence-corrected chi connectivity index (χ4v) is 2.58. The third-order valence-electron chi connectivity index (χ3n) is 2.72. The summed E-state index contributed by atoms with van der Waals surface area (Å²) in [6, 6.07) is -0.0672. The van der Waals surface area contributed by atoms with Crippen molar-refractivity contribution in [3.63, 3.8) is 0 Å². The van der Waals surface area contributed by atoms with Gasteiger partial charge in [-0.05, 0) is 35.2 Å². The summed E-state index contributed by atoms with van der Waals surface area (Å²) in [7, 11) is 1.85. The Bertz CT molecular complexity index is 315. The minimum atomic E-state index is -0.0672. The van der Waals surface area contributed by atoms with Crippen molar-refractivity contribution in [3.05, 3.63) is 10.3 Å². The van der Waals surface area contributed by atoms with Gasteiger partial charge in [-0.1, -0.05) is 5.21 Å². The fraction of sp³-hybridized carbons (Fsp3) is 0.778. The standard InChI is InChI=1S/C9H15BrN4O/c1-14-8(9(10)12-13-14)7(11)5-6-3-2-4-15-6/h6-7H,2-5,11H2,1H3. The minimum Gasteiger partial charge on any atom is -0.378 e. The average Bonchev–Trinajstić information content (AvgIpc) is 2.77. The summed E-state index contributed by atoms with van der Waals surface area (Å²) in [5.41, 5.74) is 7.05. The Morgan fingerprint density at radius 1 is 1.73 bits per heavy atom. The van der Waals surface area contributed by atoms with Crippen LogP contribution in [-0.4, -0.2) is 27.7 Å². The molecule has 1 fully saturated rings. The molecule has 0 saturated carbocycles. The number of ether oxygens (including phenoxy) is 1. The molecule has 6 heteroatoms. The van der Waals surface area contributed by atoms with Crippen LogP contribution in [0.15, 0.2) is 4.60 Å². The molecule has 0 aliphatic carbocycles. The van der Waals surface area contributed by atoms with Gasteiger partial charge < -0.3 is 10.5 Å². The first-order valence-electron chi connectivity index (χ1n) is 5.10. The maximum absolute atomic E-state index is 6.11. The lowest BCUT2D eigenvalue weighted by Gasteiger charge is -2.16. The molecule has 2 rings (SSSR count). The smallest absolute Gasteiger partial charge is 0.153 e. The second-order valence-corrected chi connectivity index (χ2v) is 4.62. The number of halogens is 1. The van der Waals surface area contributed by atoms with Crippen molar-refractivity contribution in [2.24, 2.45) is 12.8 Å². The van der Waals surface area contributed by atoms with Crippen molar-refractivity contribution in [1.82, 2.24) is 15.0 Å². The molecular weight excluding hydrogens is 260 g/mol. The lowest BCUT2D eigenvalue weighted by atomic mass is 10.1. The molecule has 0 bridgehead atoms. The molecule has 84 valence electrons. The molecule has 2 N–H and O–H groups in total. The number of rotatable bonds is 3. The van der Waals surface area contributed by atoms with E-state index in [9.17, 15) is 0 Å². The molecule has 0 spiro atoms. The Kier molecular flexibility index (Phi) is 3.38. The van der Waals surface area contributed by atoms with Gasteiger partial charge in [-0.25, -0.2) is 4.68 Å². The van der Waals surface area contributed by atoms with E-state index < -0.39 is 0 Å². The Labute approximate surface area is 97.1 Å². The van der Waals surface area contributed by atoms with E-state index in [0.29, 0.717) is 6.10 Å². The highest BCUT2D eigenvalue weighted by atomic mass is 79.9. The molecule has 1 aromatic rings. The van der Waals surface area contributed by atoms with Gasteiger partial charge in [-0.3, -0.25) is 0 Å². The molecule has 2 atom stereocenters. The summed E-state index contributed by atoms with van der Waals surface area (Å²) in [6.45, 7) is 0.863. The minimum absolute atomic E-state index is 0.0672. The Morgan fingerprint density at radius 2 is 2.53 bits per heavy atom. The highest BCUT2D eigenvalue weighted by molar-refractivity contribution is 9.10. The molecule has 1 saturated heterocycles. The predicted molar refractivity (Wildman–Crippen MR) is 59.2 cm³/mol. The zero-order valence-corrected chi connectivity index (χ0v) is 10.3. The van der Waals surface area contributed by atoms with Gasteiger partial charge in [-0.15, -0.1) is 5.10 Å². The van der Waals surface area contributed by atoms with Gasteiger partial charge in [-0.2, -0.15) is 0 Å². The average molecular weight is 275 g/mol. The van der Waals surface area contributed by atoms with Crippen molar-refractivity contribution in [2.45, 2.75) is 31.4 Å². The van der Waals surface area contributed by atoms with Gasteiger partial charge in [0.15, 0.2) is 4.60 Å². The lowest BCUT2D eigenvalue weighted by Crippen LogP contribution is -2.21. The predicted octanol–water partition coefficient (Wildman–Crippen LogP) is 1.15. The van der Waals surface area contributed by atoms with E-state index in [1.807, 2.05) is 7.05 Å². The fourth-order valence-electron chi connectivity index (χ4n) is 1.96. The normalized spacial score (nSPS) is 23.3. The van der Waals surface area contributed by atoms with Gasteiger partial charge in [0.2, 0.25) is 0 Å². The van der Waals surface area contributed by atoms with E-state index >= 15 is 0 Å². The number of nitrogens with zero attached hydrogens (tertiary/aromatic N) is 3. The van der Waals surface area contributed by atoms with Crippen LogP contribution in [0.5, 0.6) is 0 Å². The van der Waals surface area contributed by atoms with E-state index in [1.165, 1.54) is 0 Å². The van der Waals surface area contributed by atoms with Crippen LogP contribution in [0.25, 0.3) is 0 Å². The molecular formula is C9H15BrN4O. The van der Waals surface area contributed by atoms with Crippen molar-refractivity contribution in [2.75, 3.05) is 6.61 Å². The van der Waals surface area contributed by atoms with Crippen molar-refractivity contribution in [3.8, 4) is 0 Å². The maximum atomic E-state index is 6.11. The summed E-state index contributed by atoms with van der Waals surface area (Å²) < 4.78 is 8.00. The van der Waals surface area contributed by atoms with Crippen LogP contribution in [0.2, 0.25) is 0 Å². The Balaban J connectivity index is 2.03. The molecule has 0 radical (unpaired) electrons. The highest BCUT2D eigenvalue weighted by Crippen LogP contribution is 2.26. The van der Waals surface area contributed by atoms with Crippen LogP contribution >= 0.6 is 15.9 Å². The van der Waals surface area contributed by atoms with Crippen molar-refractivity contribution in [1.29, 1.82) is 0 Å². The zero-order valence-electron chi connectivity index (χ0n) is 8.69. The summed E-state index contributed by atoms with van der Waals surface area (Å²) in [6.07, 6.45) is 3.38. The molecule has 1 aliphatic rings. The van der Waals surface area contributed by atoms with Gasteiger partial charge in [0.05, 0.1) is 17.8 Å². The summed E-state index contributed by atoms with van der Waals surface area (Å²) in [4.78, 5) is 0. The number of nitrogens with two attached hydrogens (primary N) is 1. The molecule has 1 aliphatic heterocycles. The maximum Gasteiger partial charge on any atom is 0.153 e. The lowest BCUT2D eigenvalue weighted by molar-refractivity contribution is 0.0976. The molecule has 15 heavy (non-hydrogen) atoms. The monoisotopic (exact) mass is 274 g/mol. The Morgan fingerprint density at radius 3 is 3.07 bits per heavy atom. The SMILES string of the molecule is Cn1nnc(Br)c1C(N)CC1CCCO1. The van der Waals surface area contributed by atoms with Gasteiger partial charge in [0.1, 0.15) is 0 Å². The summed E-state index contributed by atoms with van der Waals surface area (Å²) in [5, 5.41) is 7.83. The number of hydrogen-bond acceptors (Lipinski definition) is 4. The van der Waals surface area contributed by atoms with E-state index in [4.69, 9.17) is 10.5 Å². The van der Waals surface area contributed by atoms with Gasteiger partial charge >= 0.3 is 0 Å². The van der Waals surface area contributed by atoms with Crippen molar-refractivity contribution >= 4 is 15.9 Å². The molecule has 0 aromatic carbocycles. The van der Waals surface area contributed by atoms with Crippen LogP contribution in [0.1, 0.15) is 31.0 Å². The van der Waals surface area contributed by atoms with E-state index in [0.717, 1.165) is 36.2 Å². The van der Waals surface area contributed by atoms with Crippen molar-refractivity contribution < 1.29 is 4.74 Å². The van der Waals surface area contributed by atoms with E-state index in [-0.39, 0.29) is 6.04 Å². The van der Waals surface area contributed by atoms with Crippen LogP contribution in [0.4, 0.5) is 0 Å². The zero-order chi connectivity index (χ0) is 10.8. The molecule has 2 heterocycles. The van der Waals surface area contributed by atoms with Crippen LogP contribution in [0, 0.1) is 0 Å². The number of aromatic nitrogens is 3. The van der Waals surface area contributed by atoms with Gasteiger partial charge in [0, 0.05) is 13.7 Å². The first kappa shape index (κ1) is 11.0. The highest BCUT2D eigenvalue weighted by Gasteiger charge is 2.23. The number of aryl methyl sites for hydroxylation is 1. The van der Waals surface area contributed by atoms with E-state index in [1.54, 1.807) is 4.68 Å². The topological polar surface area (TPSA) is 66.0 Å². The molecule has 0 amide bonds. The summed E-state index contributed by atoms with van der Waals surface area (Å²) in [5.74, 6) is 0. The van der Waals surface area contributed by atoms with Crippen LogP contribution in [-0.2, 0) is 11.8 Å². The summed E-state index contributed by atoms with van der Waals surface area (Å²) >= 11 is 3.35. The first-order chi connectivity index (χ1) is 7.18. The van der Waals surface area contributed by atoms with Gasteiger partial charge in [0.25, 0.3) is 0 Å². The third kappa shape index (κ3) is 2.38. The molecule has 5 nitrogen and oxygen atoms in total. The molecule has 2 unspecified atom stereocenters. The second-order valence-electron chi connectivity index (χ2n) is 3.87. The second kappa shape index (κ2) is 4.59. The quantitative estimate of drug-likeness (QED) is 0.898. The van der Waals surface area contributed by atoms with Crippen LogP contribution < -0.4 is 5.73 Å². The third-order valence-corrected chi connectivity index (χ3v) is 3.28. The number of hydrogen-bond donors (Lipinski definition) is 1. The van der Waals surface area contributed by atoms with E-state index in [2.05, 4.69) is 26.2 Å².